The number of fused-ring (bicyclic) bond motifs is 1. The first-order valence-electron chi connectivity index (χ1n) is 10.0. The SMILES string of the molecule is O=C(OCCN1C(=O)c2ccccc2C1=O)c1ccc(S(=O)(=O)NC2CCS(=O)(=O)C2)cc1. The molecule has 1 unspecified atom stereocenters. The highest BCUT2D eigenvalue weighted by Crippen LogP contribution is 2.22. The van der Waals surface area contributed by atoms with Gasteiger partial charge in [-0.25, -0.2) is 26.4 Å². The average molecular weight is 493 g/mol. The van der Waals surface area contributed by atoms with Crippen LogP contribution in [0.5, 0.6) is 0 Å². The van der Waals surface area contributed by atoms with E-state index in [9.17, 15) is 31.2 Å². The van der Waals surface area contributed by atoms with E-state index in [2.05, 4.69) is 4.72 Å². The first kappa shape index (κ1) is 23.1. The van der Waals surface area contributed by atoms with E-state index < -0.39 is 43.7 Å². The third-order valence-electron chi connectivity index (χ3n) is 5.38. The molecule has 0 aliphatic carbocycles. The van der Waals surface area contributed by atoms with Crippen molar-refractivity contribution in [2.24, 2.45) is 0 Å². The standard InChI is InChI=1S/C21H20N2O8S2/c24-19-17-3-1-2-4-18(17)20(25)23(19)10-11-31-21(26)14-5-7-16(8-6-14)33(29,30)22-15-9-12-32(27,28)13-15/h1-8,15,22H,9-13H2. The molecular weight excluding hydrogens is 472 g/mol. The van der Waals surface area contributed by atoms with Crippen LogP contribution in [-0.4, -0.2) is 70.2 Å². The van der Waals surface area contributed by atoms with Crippen molar-refractivity contribution in [3.8, 4) is 0 Å². The summed E-state index contributed by atoms with van der Waals surface area (Å²) in [5, 5.41) is 0. The number of hydrogen-bond acceptors (Lipinski definition) is 8. The Morgan fingerprint density at radius 2 is 1.64 bits per heavy atom. The van der Waals surface area contributed by atoms with Gasteiger partial charge in [-0.15, -0.1) is 0 Å². The topological polar surface area (TPSA) is 144 Å². The number of amides is 2. The van der Waals surface area contributed by atoms with E-state index in [-0.39, 0.29) is 41.5 Å². The van der Waals surface area contributed by atoms with Gasteiger partial charge in [0.05, 0.1) is 39.6 Å². The molecule has 1 saturated heterocycles. The molecule has 10 nitrogen and oxygen atoms in total. The number of esters is 1. The molecule has 2 amide bonds. The van der Waals surface area contributed by atoms with Crippen molar-refractivity contribution < 1.29 is 36.0 Å². The molecule has 2 aliphatic heterocycles. The Labute approximate surface area is 190 Å². The molecule has 0 bridgehead atoms. The summed E-state index contributed by atoms with van der Waals surface area (Å²) in [4.78, 5) is 37.8. The summed E-state index contributed by atoms with van der Waals surface area (Å²) >= 11 is 0. The second-order valence-electron chi connectivity index (χ2n) is 7.69. The van der Waals surface area contributed by atoms with Crippen LogP contribution in [-0.2, 0) is 24.6 Å². The fourth-order valence-electron chi connectivity index (χ4n) is 3.70. The van der Waals surface area contributed by atoms with Crippen LogP contribution in [0.3, 0.4) is 0 Å². The molecule has 2 heterocycles. The highest BCUT2D eigenvalue weighted by molar-refractivity contribution is 7.92. The zero-order valence-corrected chi connectivity index (χ0v) is 18.9. The normalized spacial score (nSPS) is 19.5. The molecule has 2 aromatic carbocycles. The second-order valence-corrected chi connectivity index (χ2v) is 11.6. The number of carbonyl (C=O) groups excluding carboxylic acids is 3. The highest BCUT2D eigenvalue weighted by Gasteiger charge is 2.35. The van der Waals surface area contributed by atoms with E-state index >= 15 is 0 Å². The van der Waals surface area contributed by atoms with Gasteiger partial charge in [-0.3, -0.25) is 14.5 Å². The lowest BCUT2D eigenvalue weighted by molar-refractivity contribution is 0.0420. The Bertz CT molecular complexity index is 1300. The Hall–Kier alpha value is -3.09. The Balaban J connectivity index is 1.33. The van der Waals surface area contributed by atoms with Crippen LogP contribution in [0.2, 0.25) is 0 Å². The number of sulfone groups is 1. The summed E-state index contributed by atoms with van der Waals surface area (Å²) < 4.78 is 55.5. The molecule has 0 saturated carbocycles. The molecule has 0 aromatic heterocycles. The molecule has 1 atom stereocenters. The second kappa shape index (κ2) is 8.69. The number of nitrogens with one attached hydrogen (secondary N) is 1. The molecule has 0 spiro atoms. The third kappa shape index (κ3) is 4.82. The fraction of sp³-hybridized carbons (Fsp3) is 0.286. The van der Waals surface area contributed by atoms with Crippen LogP contribution in [0.25, 0.3) is 0 Å². The summed E-state index contributed by atoms with van der Waals surface area (Å²) in [5.41, 5.74) is 0.684. The minimum absolute atomic E-state index is 0.0638. The van der Waals surface area contributed by atoms with Crippen LogP contribution in [0.4, 0.5) is 0 Å². The smallest absolute Gasteiger partial charge is 0.338 e. The molecule has 1 N–H and O–H groups in total. The van der Waals surface area contributed by atoms with Crippen LogP contribution in [0.1, 0.15) is 37.5 Å². The molecule has 2 aromatic rings. The van der Waals surface area contributed by atoms with Crippen molar-refractivity contribution in [2.45, 2.75) is 17.4 Å². The number of rotatable bonds is 7. The van der Waals surface area contributed by atoms with E-state index in [4.69, 9.17) is 4.74 Å². The maximum Gasteiger partial charge on any atom is 0.338 e. The van der Waals surface area contributed by atoms with Gasteiger partial charge < -0.3 is 4.74 Å². The van der Waals surface area contributed by atoms with Crippen LogP contribution in [0.15, 0.2) is 53.4 Å². The zero-order valence-electron chi connectivity index (χ0n) is 17.3. The number of nitrogens with zero attached hydrogens (tertiary/aromatic N) is 1. The predicted octanol–water partition coefficient (Wildman–Crippen LogP) is 0.605. The largest absolute Gasteiger partial charge is 0.460 e. The average Bonchev–Trinajstić information content (AvgIpc) is 3.24. The maximum absolute atomic E-state index is 12.5. The highest BCUT2D eigenvalue weighted by atomic mass is 32.2. The van der Waals surface area contributed by atoms with E-state index in [1.54, 1.807) is 24.3 Å². The molecule has 0 radical (unpaired) electrons. The minimum Gasteiger partial charge on any atom is -0.460 e. The lowest BCUT2D eigenvalue weighted by atomic mass is 10.1. The molecule has 12 heteroatoms. The van der Waals surface area contributed by atoms with Crippen LogP contribution < -0.4 is 4.72 Å². The quantitative estimate of drug-likeness (QED) is 0.437. The first-order chi connectivity index (χ1) is 15.6. The van der Waals surface area contributed by atoms with E-state index in [0.29, 0.717) is 11.1 Å². The van der Waals surface area contributed by atoms with Crippen molar-refractivity contribution in [3.63, 3.8) is 0 Å². The minimum atomic E-state index is -3.95. The van der Waals surface area contributed by atoms with Gasteiger partial charge in [-0.1, -0.05) is 12.1 Å². The lowest BCUT2D eigenvalue weighted by Crippen LogP contribution is -2.35. The van der Waals surface area contributed by atoms with Crippen molar-refractivity contribution in [3.05, 3.63) is 65.2 Å². The summed E-state index contributed by atoms with van der Waals surface area (Å²) in [6, 6.07) is 10.7. The maximum atomic E-state index is 12.5. The van der Waals surface area contributed by atoms with Gasteiger partial charge in [0.15, 0.2) is 9.84 Å². The van der Waals surface area contributed by atoms with Crippen molar-refractivity contribution in [1.29, 1.82) is 0 Å². The number of carbonyl (C=O) groups is 3. The summed E-state index contributed by atoms with van der Waals surface area (Å²) in [7, 11) is -7.19. The molecule has 2 aliphatic rings. The molecular formula is C21H20N2O8S2. The Kier molecular flexibility index (Phi) is 6.08. The number of ether oxygens (including phenoxy) is 1. The summed E-state index contributed by atoms with van der Waals surface area (Å²) in [6.45, 7) is -0.333. The van der Waals surface area contributed by atoms with Crippen molar-refractivity contribution in [2.75, 3.05) is 24.7 Å². The number of sulfonamides is 1. The monoisotopic (exact) mass is 492 g/mol. The zero-order chi connectivity index (χ0) is 23.8. The van der Waals surface area contributed by atoms with E-state index in [0.717, 1.165) is 4.90 Å². The summed E-state index contributed by atoms with van der Waals surface area (Å²) in [6.07, 6.45) is 0.207. The lowest BCUT2D eigenvalue weighted by Gasteiger charge is -2.14. The summed E-state index contributed by atoms with van der Waals surface area (Å²) in [5.74, 6) is -1.96. The van der Waals surface area contributed by atoms with Gasteiger partial charge in [-0.2, -0.15) is 0 Å². The number of benzene rings is 2. The van der Waals surface area contributed by atoms with Gasteiger partial charge in [-0.05, 0) is 42.8 Å². The van der Waals surface area contributed by atoms with E-state index in [1.807, 2.05) is 0 Å². The fourth-order valence-corrected chi connectivity index (χ4v) is 6.75. The van der Waals surface area contributed by atoms with Gasteiger partial charge in [0.2, 0.25) is 10.0 Å². The predicted molar refractivity (Wildman–Crippen MR) is 116 cm³/mol. The van der Waals surface area contributed by atoms with Crippen LogP contribution in [0, 0.1) is 0 Å². The number of imide groups is 1. The molecule has 4 rings (SSSR count). The Morgan fingerprint density at radius 1 is 1.03 bits per heavy atom. The molecule has 1 fully saturated rings. The van der Waals surface area contributed by atoms with E-state index in [1.165, 1.54) is 24.3 Å². The first-order valence-corrected chi connectivity index (χ1v) is 13.3. The Morgan fingerprint density at radius 3 is 2.18 bits per heavy atom. The molecule has 33 heavy (non-hydrogen) atoms. The van der Waals surface area contributed by atoms with Gasteiger partial charge in [0, 0.05) is 6.04 Å². The number of hydrogen-bond donors (Lipinski definition) is 1. The molecule has 174 valence electrons. The van der Waals surface area contributed by atoms with Crippen LogP contribution >= 0.6 is 0 Å². The van der Waals surface area contributed by atoms with Crippen molar-refractivity contribution in [1.82, 2.24) is 9.62 Å². The van der Waals surface area contributed by atoms with Gasteiger partial charge >= 0.3 is 5.97 Å². The van der Waals surface area contributed by atoms with Crippen molar-refractivity contribution >= 4 is 37.6 Å². The van der Waals surface area contributed by atoms with Gasteiger partial charge in [0.25, 0.3) is 11.8 Å². The third-order valence-corrected chi connectivity index (χ3v) is 8.69. The van der Waals surface area contributed by atoms with Gasteiger partial charge in [0.1, 0.15) is 6.61 Å².